The van der Waals surface area contributed by atoms with Gasteiger partial charge in [-0.3, -0.25) is 9.80 Å². The molecule has 58 heavy (non-hydrogen) atoms. The van der Waals surface area contributed by atoms with Crippen molar-refractivity contribution < 1.29 is 50.4 Å². The summed E-state index contributed by atoms with van der Waals surface area (Å²) >= 11 is 0. The number of hydrogen-bond acceptors (Lipinski definition) is 10. The zero-order valence-electron chi connectivity index (χ0n) is 33.4. The van der Waals surface area contributed by atoms with Crippen LogP contribution in [-0.4, -0.2) is 113 Å². The molecule has 2 aliphatic heterocycles. The molecular weight excluding hydrogens is 741 g/mol. The van der Waals surface area contributed by atoms with Crippen molar-refractivity contribution in [3.8, 4) is 11.5 Å². The van der Waals surface area contributed by atoms with E-state index in [0.717, 1.165) is 62.0 Å². The molecule has 0 spiro atoms. The Bertz CT molecular complexity index is 1650. The summed E-state index contributed by atoms with van der Waals surface area (Å²) in [6.45, 7) is 8.33. The summed E-state index contributed by atoms with van der Waals surface area (Å²) in [7, 11) is 0. The minimum atomic E-state index is -2.27. The number of nitrogens with zero attached hydrogens (tertiary/aromatic N) is 2. The Morgan fingerprint density at radius 3 is 1.09 bits per heavy atom. The number of phenolic OH excluding ortho intramolecular Hbond substituents is 2. The van der Waals surface area contributed by atoms with Gasteiger partial charge in [0.15, 0.2) is 12.2 Å². The molecule has 8 N–H and O–H groups in total. The first-order valence-corrected chi connectivity index (χ1v) is 20.0. The zero-order chi connectivity index (χ0) is 42.2. The molecule has 12 nitrogen and oxygen atoms in total. The molecule has 2 aliphatic rings. The lowest BCUT2D eigenvalue weighted by Crippen LogP contribution is -2.43. The average Bonchev–Trinajstić information content (AvgIpc) is 3.24. The first kappa shape index (κ1) is 45.9. The summed E-state index contributed by atoms with van der Waals surface area (Å²) in [5.74, 6) is -1.59. The number of phenols is 2. The Labute approximate surface area is 341 Å². The molecule has 0 radical (unpaired) electrons. The van der Waals surface area contributed by atoms with E-state index in [9.17, 15) is 30.0 Å². The molecule has 0 saturated carbocycles. The van der Waals surface area contributed by atoms with E-state index in [1.54, 1.807) is 48.5 Å². The van der Waals surface area contributed by atoms with Crippen molar-refractivity contribution in [2.45, 2.75) is 88.9 Å². The normalized spacial score (nSPS) is 18.5. The summed E-state index contributed by atoms with van der Waals surface area (Å²) in [5.41, 5.74) is 4.58. The average molecular weight is 801 g/mol. The quantitative estimate of drug-likeness (QED) is 0.0856. The molecule has 2 heterocycles. The van der Waals surface area contributed by atoms with E-state index in [-0.39, 0.29) is 23.6 Å². The van der Waals surface area contributed by atoms with E-state index < -0.39 is 36.4 Å². The number of benzene rings is 4. The lowest BCUT2D eigenvalue weighted by Gasteiger charge is -2.38. The van der Waals surface area contributed by atoms with Gasteiger partial charge in [-0.1, -0.05) is 84.9 Å². The summed E-state index contributed by atoms with van der Waals surface area (Å²) in [6, 6.07) is 35.4. The van der Waals surface area contributed by atoms with Crippen LogP contribution in [0.25, 0.3) is 0 Å². The van der Waals surface area contributed by atoms with Crippen LogP contribution in [0, 0.1) is 11.8 Å². The molecule has 4 aromatic rings. The monoisotopic (exact) mass is 800 g/mol. The van der Waals surface area contributed by atoms with Crippen LogP contribution in [0.15, 0.2) is 109 Å². The van der Waals surface area contributed by atoms with Crippen LogP contribution in [0.3, 0.4) is 0 Å². The van der Waals surface area contributed by atoms with Gasteiger partial charge in [0.05, 0.1) is 12.2 Å². The van der Waals surface area contributed by atoms with Gasteiger partial charge < -0.3 is 40.9 Å². The number of aromatic hydroxyl groups is 2. The zero-order valence-corrected chi connectivity index (χ0v) is 33.4. The third-order valence-corrected chi connectivity index (χ3v) is 11.4. The van der Waals surface area contributed by atoms with Crippen LogP contribution >= 0.6 is 0 Å². The van der Waals surface area contributed by atoms with Crippen LogP contribution < -0.4 is 0 Å². The number of carbonyl (C=O) groups is 2. The largest absolute Gasteiger partial charge is 0.508 e. The molecule has 4 aromatic carbocycles. The Morgan fingerprint density at radius 1 is 0.517 bits per heavy atom. The number of likely N-dealkylation sites (tertiary alicyclic amines) is 2. The topological polar surface area (TPSA) is 202 Å². The number of aliphatic hydroxyl groups is 4. The molecule has 314 valence electrons. The highest BCUT2D eigenvalue weighted by Gasteiger charge is 2.30. The van der Waals surface area contributed by atoms with Crippen molar-refractivity contribution in [2.24, 2.45) is 11.8 Å². The summed E-state index contributed by atoms with van der Waals surface area (Å²) in [5, 5.41) is 72.5. The minimum absolute atomic E-state index is 0.0900. The lowest BCUT2D eigenvalue weighted by atomic mass is 9.89. The van der Waals surface area contributed by atoms with Gasteiger partial charge in [0, 0.05) is 12.1 Å². The number of hydrogen-bond donors (Lipinski definition) is 8. The number of rotatable bonds is 13. The molecule has 0 aromatic heterocycles. The maximum atomic E-state index is 10.6. The molecule has 0 unspecified atom stereocenters. The molecule has 0 bridgehead atoms. The lowest BCUT2D eigenvalue weighted by molar-refractivity contribution is -0.165. The minimum Gasteiger partial charge on any atom is -0.508 e. The third kappa shape index (κ3) is 14.2. The fourth-order valence-corrected chi connectivity index (χ4v) is 7.59. The van der Waals surface area contributed by atoms with Gasteiger partial charge in [-0.2, -0.15) is 0 Å². The molecule has 0 amide bonds. The van der Waals surface area contributed by atoms with Gasteiger partial charge in [0.1, 0.15) is 11.5 Å². The van der Waals surface area contributed by atoms with Crippen molar-refractivity contribution in [3.63, 3.8) is 0 Å². The second-order valence-electron chi connectivity index (χ2n) is 15.5. The summed E-state index contributed by atoms with van der Waals surface area (Å²) in [4.78, 5) is 24.3. The van der Waals surface area contributed by atoms with Crippen molar-refractivity contribution in [3.05, 3.63) is 131 Å². The highest BCUT2D eigenvalue weighted by molar-refractivity contribution is 5.83. The fourth-order valence-electron chi connectivity index (χ4n) is 7.59. The number of piperidine rings is 2. The number of carboxylic acid groups (broad SMARTS) is 2. The fraction of sp³-hybridized carbons (Fsp3) is 0.435. The Hall–Kier alpha value is -4.82. The molecule has 2 saturated heterocycles. The maximum absolute atomic E-state index is 10.6. The van der Waals surface area contributed by atoms with Gasteiger partial charge >= 0.3 is 11.9 Å². The van der Waals surface area contributed by atoms with Crippen LogP contribution in [-0.2, 0) is 22.4 Å². The Kier molecular flexibility index (Phi) is 18.1. The molecule has 6 rings (SSSR count). The molecule has 12 heteroatoms. The van der Waals surface area contributed by atoms with E-state index in [2.05, 4.69) is 84.3 Å². The van der Waals surface area contributed by atoms with Crippen LogP contribution in [0.1, 0.15) is 74.0 Å². The standard InChI is InChI=1S/2C21H27NO2.C4H6O6/c2*1-16(21(24)19-7-9-20(23)10-8-19)22-13-11-18(12-14-22)15-17-5-3-2-4-6-17;5-1(3(7)8)2(6)4(9)10/h2*2-10,16,18,21,23-24H,11-15H2,1H3;1-2,5-6H,(H,7,8)(H,9,10)/t16-,21+;16-,21-;1-,2-/m011/s1. The van der Waals surface area contributed by atoms with E-state index in [4.69, 9.17) is 20.4 Å². The van der Waals surface area contributed by atoms with E-state index >= 15 is 0 Å². The molecule has 0 aliphatic carbocycles. The highest BCUT2D eigenvalue weighted by Crippen LogP contribution is 2.30. The van der Waals surface area contributed by atoms with E-state index in [1.165, 1.54) is 36.8 Å². The third-order valence-electron chi connectivity index (χ3n) is 11.4. The number of aliphatic hydroxyl groups excluding tert-OH is 4. The van der Waals surface area contributed by atoms with Gasteiger partial charge in [-0.05, 0) is 137 Å². The second kappa shape index (κ2) is 22.9. The van der Waals surface area contributed by atoms with Crippen molar-refractivity contribution >= 4 is 11.9 Å². The van der Waals surface area contributed by atoms with Crippen LogP contribution in [0.5, 0.6) is 11.5 Å². The summed E-state index contributed by atoms with van der Waals surface area (Å²) < 4.78 is 0. The Morgan fingerprint density at radius 2 is 0.810 bits per heavy atom. The maximum Gasteiger partial charge on any atom is 0.335 e. The predicted molar refractivity (Wildman–Crippen MR) is 221 cm³/mol. The Balaban J connectivity index is 0.000000209. The van der Waals surface area contributed by atoms with Gasteiger partial charge in [0.25, 0.3) is 0 Å². The van der Waals surface area contributed by atoms with Gasteiger partial charge in [-0.15, -0.1) is 0 Å². The van der Waals surface area contributed by atoms with Gasteiger partial charge in [0.2, 0.25) is 0 Å². The predicted octanol–water partition coefficient (Wildman–Crippen LogP) is 5.42. The molecule has 2 fully saturated rings. The van der Waals surface area contributed by atoms with Crippen molar-refractivity contribution in [1.82, 2.24) is 9.80 Å². The van der Waals surface area contributed by atoms with E-state index in [0.29, 0.717) is 0 Å². The van der Waals surface area contributed by atoms with Crippen LogP contribution in [0.2, 0.25) is 0 Å². The summed E-state index contributed by atoms with van der Waals surface area (Å²) in [6.07, 6.45) is 1.47. The SMILES string of the molecule is C[C@@H]([C@@H](O)c1ccc(O)cc1)N1CCC(Cc2ccccc2)CC1.C[C@H]([C@@H](O)c1ccc(O)cc1)N1CCC(Cc2ccccc2)CC1.O=C(O)[C@H](O)[C@@H](O)C(=O)O. The van der Waals surface area contributed by atoms with Crippen LogP contribution in [0.4, 0.5) is 0 Å². The smallest absolute Gasteiger partial charge is 0.335 e. The highest BCUT2D eigenvalue weighted by atomic mass is 16.4. The molecular formula is C46H60N2O10. The number of carboxylic acids is 2. The van der Waals surface area contributed by atoms with Crippen molar-refractivity contribution in [2.75, 3.05) is 26.2 Å². The second-order valence-corrected chi connectivity index (χ2v) is 15.5. The first-order valence-electron chi connectivity index (χ1n) is 20.0. The van der Waals surface area contributed by atoms with Crippen molar-refractivity contribution in [1.29, 1.82) is 0 Å². The van der Waals surface area contributed by atoms with E-state index in [1.807, 2.05) is 0 Å². The number of aliphatic carboxylic acids is 2. The first-order chi connectivity index (χ1) is 27.7. The van der Waals surface area contributed by atoms with Gasteiger partial charge in [-0.25, -0.2) is 9.59 Å². The molecule has 6 atom stereocenters.